The summed E-state index contributed by atoms with van der Waals surface area (Å²) in [5.41, 5.74) is 3.24. The van der Waals surface area contributed by atoms with Gasteiger partial charge in [0.2, 0.25) is 5.88 Å². The number of aryl methyl sites for hydroxylation is 1. The number of benzene rings is 2. The molecule has 1 amide bonds. The molecular formula is C30H42N6O5S. The Labute approximate surface area is 247 Å². The maximum Gasteiger partial charge on any atom is 0.255 e. The molecule has 4 rings (SSSR count). The third-order valence-corrected chi connectivity index (χ3v) is 7.57. The third-order valence-electron chi connectivity index (χ3n) is 6.77. The Morgan fingerprint density at radius 3 is 2.43 bits per heavy atom. The normalized spacial score (nSPS) is 15.4. The third kappa shape index (κ3) is 8.48. The van der Waals surface area contributed by atoms with E-state index in [1.54, 1.807) is 18.2 Å². The van der Waals surface area contributed by atoms with Crippen molar-refractivity contribution in [1.29, 1.82) is 0 Å². The van der Waals surface area contributed by atoms with E-state index in [9.17, 15) is 13.6 Å². The fraction of sp³-hybridized carbons (Fsp3) is 0.433. The van der Waals surface area contributed by atoms with Gasteiger partial charge in [0.15, 0.2) is 5.75 Å². The highest BCUT2D eigenvalue weighted by atomic mass is 32.3. The van der Waals surface area contributed by atoms with Crippen molar-refractivity contribution in [1.82, 2.24) is 20.2 Å². The van der Waals surface area contributed by atoms with E-state index in [-0.39, 0.29) is 11.2 Å². The lowest BCUT2D eigenvalue weighted by atomic mass is 9.86. The van der Waals surface area contributed by atoms with Crippen molar-refractivity contribution in [2.75, 3.05) is 55.8 Å². The summed E-state index contributed by atoms with van der Waals surface area (Å²) in [4.78, 5) is 24.5. The Bertz CT molecular complexity index is 1510. The summed E-state index contributed by atoms with van der Waals surface area (Å²) in [5.74, 6) is 0.737. The predicted molar refractivity (Wildman–Crippen MR) is 167 cm³/mol. The van der Waals surface area contributed by atoms with Crippen molar-refractivity contribution in [3.8, 4) is 17.4 Å². The molecule has 2 aromatic carbocycles. The number of rotatable bonds is 9. The van der Waals surface area contributed by atoms with E-state index in [2.05, 4.69) is 30.2 Å². The fourth-order valence-electron chi connectivity index (χ4n) is 4.54. The zero-order valence-corrected chi connectivity index (χ0v) is 26.2. The molecule has 0 spiro atoms. The number of carbonyl (C=O) groups excluding carboxylic acids is 1. The molecule has 0 unspecified atom stereocenters. The van der Waals surface area contributed by atoms with Gasteiger partial charge in [0.1, 0.15) is 12.1 Å². The topological polar surface area (TPSA) is 138 Å². The Balaban J connectivity index is 1.60. The van der Waals surface area contributed by atoms with Crippen molar-refractivity contribution in [3.05, 3.63) is 65.1 Å². The van der Waals surface area contributed by atoms with Gasteiger partial charge in [0, 0.05) is 56.9 Å². The van der Waals surface area contributed by atoms with Crippen molar-refractivity contribution in [2.45, 2.75) is 39.7 Å². The molecule has 0 aliphatic carbocycles. The van der Waals surface area contributed by atoms with Crippen LogP contribution in [-0.2, 0) is 21.5 Å². The molecule has 1 aliphatic heterocycles. The largest absolute Gasteiger partial charge is 0.492 e. The molecule has 0 saturated carbocycles. The van der Waals surface area contributed by atoms with Crippen LogP contribution in [0.2, 0.25) is 0 Å². The molecule has 1 aromatic heterocycles. The number of aromatic nitrogens is 2. The fourth-order valence-corrected chi connectivity index (χ4v) is 5.32. The molecule has 0 radical (unpaired) electrons. The van der Waals surface area contributed by atoms with Crippen LogP contribution < -0.4 is 24.8 Å². The monoisotopic (exact) mass is 598 g/mol. The van der Waals surface area contributed by atoms with Crippen molar-refractivity contribution < 1.29 is 23.0 Å². The van der Waals surface area contributed by atoms with Gasteiger partial charge in [0.05, 0.1) is 24.2 Å². The maximum absolute atomic E-state index is 13.5. The lowest BCUT2D eigenvalue weighted by molar-refractivity contribution is 0.102. The Morgan fingerprint density at radius 1 is 1.10 bits per heavy atom. The first-order valence-electron chi connectivity index (χ1n) is 13.8. The van der Waals surface area contributed by atoms with E-state index < -0.39 is 15.4 Å². The van der Waals surface area contributed by atoms with Crippen LogP contribution in [0.15, 0.2) is 42.7 Å². The molecule has 12 heteroatoms. The minimum Gasteiger partial charge on any atom is -0.492 e. The highest BCUT2D eigenvalue weighted by Crippen LogP contribution is 2.40. The molecule has 228 valence electrons. The molecule has 2 heterocycles. The molecule has 0 bridgehead atoms. The smallest absolute Gasteiger partial charge is 0.255 e. The Kier molecular flexibility index (Phi) is 8.93. The van der Waals surface area contributed by atoms with Gasteiger partial charge < -0.3 is 20.1 Å². The number of anilines is 2. The molecule has 1 fully saturated rings. The lowest BCUT2D eigenvalue weighted by Gasteiger charge is -2.37. The van der Waals surface area contributed by atoms with Gasteiger partial charge in [-0.2, -0.15) is 4.21 Å². The second-order valence-corrected chi connectivity index (χ2v) is 15.9. The van der Waals surface area contributed by atoms with Gasteiger partial charge in [-0.1, -0.05) is 26.8 Å². The van der Waals surface area contributed by atoms with Crippen LogP contribution in [0.4, 0.5) is 11.4 Å². The Morgan fingerprint density at radius 2 is 1.79 bits per heavy atom. The highest BCUT2D eigenvalue weighted by Gasteiger charge is 2.24. The van der Waals surface area contributed by atoms with E-state index in [0.29, 0.717) is 35.1 Å². The van der Waals surface area contributed by atoms with Crippen LogP contribution in [-0.4, -0.2) is 75.3 Å². The number of amides is 1. The molecule has 42 heavy (non-hydrogen) atoms. The van der Waals surface area contributed by atoms with E-state index >= 15 is 0 Å². The van der Waals surface area contributed by atoms with Crippen molar-refractivity contribution >= 4 is 26.8 Å². The summed E-state index contributed by atoms with van der Waals surface area (Å²) in [5, 5.41) is 6.27. The highest BCUT2D eigenvalue weighted by molar-refractivity contribution is 8.15. The summed E-state index contributed by atoms with van der Waals surface area (Å²) < 4.78 is 37.6. The van der Waals surface area contributed by atoms with E-state index in [4.69, 9.17) is 9.47 Å². The summed E-state index contributed by atoms with van der Waals surface area (Å²) in [6, 6.07) is 10.6. The molecule has 11 nitrogen and oxygen atoms in total. The number of piperazine rings is 1. The van der Waals surface area contributed by atoms with Crippen LogP contribution in [0, 0.1) is 6.92 Å². The molecule has 1 saturated heterocycles. The van der Waals surface area contributed by atoms with E-state index in [1.807, 2.05) is 45.9 Å². The first-order chi connectivity index (χ1) is 19.6. The maximum atomic E-state index is 13.5. The quantitative estimate of drug-likeness (QED) is 0.282. The van der Waals surface area contributed by atoms with Gasteiger partial charge in [-0.25, -0.2) is 9.97 Å². The van der Waals surface area contributed by atoms with Crippen molar-refractivity contribution in [2.24, 2.45) is 0 Å². The van der Waals surface area contributed by atoms with Crippen LogP contribution >= 0.6 is 0 Å². The van der Waals surface area contributed by atoms with E-state index in [0.717, 1.165) is 43.0 Å². The van der Waals surface area contributed by atoms with Crippen LogP contribution in [0.5, 0.6) is 17.4 Å². The zero-order valence-electron chi connectivity index (χ0n) is 25.4. The van der Waals surface area contributed by atoms with Gasteiger partial charge in [-0.15, -0.1) is 9.53 Å². The number of nitrogens with zero attached hydrogens (tertiary/aromatic N) is 3. The van der Waals surface area contributed by atoms with Crippen LogP contribution in [0.3, 0.4) is 0 Å². The second-order valence-electron chi connectivity index (χ2n) is 12.1. The number of nitrogens with one attached hydrogen (secondary N) is 3. The second kappa shape index (κ2) is 12.0. The first kappa shape index (κ1) is 31.4. The number of carbonyl (C=O) groups is 1. The van der Waals surface area contributed by atoms with Gasteiger partial charge in [0.25, 0.3) is 5.91 Å². The van der Waals surface area contributed by atoms with E-state index in [1.165, 1.54) is 25.9 Å². The number of methoxy groups -OCH3 is 1. The lowest BCUT2D eigenvalue weighted by Crippen LogP contribution is -2.43. The van der Waals surface area contributed by atoms with Crippen LogP contribution in [0.1, 0.15) is 48.0 Å². The van der Waals surface area contributed by atoms with Gasteiger partial charge >= 0.3 is 0 Å². The Hall–Kier alpha value is -3.58. The van der Waals surface area contributed by atoms with Gasteiger partial charge in [-0.05, 0) is 47.7 Å². The number of hydrogen-bond acceptors (Lipinski definition) is 8. The minimum absolute atomic E-state index is 0.245. The molecule has 3 aromatic rings. The average Bonchev–Trinajstić information content (AvgIpc) is 2.89. The summed E-state index contributed by atoms with van der Waals surface area (Å²) in [6.45, 7) is 12.5. The molecule has 1 aliphatic rings. The first-order valence-corrected chi connectivity index (χ1v) is 16.5. The van der Waals surface area contributed by atoms with Gasteiger partial charge in [-0.3, -0.25) is 19.0 Å². The summed E-state index contributed by atoms with van der Waals surface area (Å²) >= 11 is 0. The molecular weight excluding hydrogens is 556 g/mol. The zero-order chi connectivity index (χ0) is 30.7. The average molecular weight is 599 g/mol. The standard InChI is InChI=1S/C30H42N6O5S/c1-20-8-9-21(14-26(20)41-27-17-23(32-19-33-27)18-36-12-10-31-11-13-36)29(37)34-24-15-22(30(2,3)4)16-25(28(24)40-5)35-42(6,7,38)39/h8-9,14-17,19,31H,10-13,18H2,1-7H3,(H,34,37)(H2,35,38,39). The summed E-state index contributed by atoms with van der Waals surface area (Å²) in [7, 11) is -2.71. The predicted octanol–water partition coefficient (Wildman–Crippen LogP) is 4.42. The number of hydrogen-bond donors (Lipinski definition) is 4. The SMILES string of the molecule is COc1c(NC(=O)c2ccc(C)c(Oc3cc(CN4CCNCC4)ncn3)c2)cc(C(C)(C)C)cc1NS(C)(C)(=O)O. The molecule has 4 N–H and O–H groups in total. The molecule has 0 atom stereocenters. The summed E-state index contributed by atoms with van der Waals surface area (Å²) in [6.07, 6.45) is 3.93. The van der Waals surface area contributed by atoms with Crippen molar-refractivity contribution in [3.63, 3.8) is 0 Å². The minimum atomic E-state index is -4.16. The van der Waals surface area contributed by atoms with Crippen LogP contribution in [0.25, 0.3) is 0 Å². The number of ether oxygens (including phenoxy) is 2.